The van der Waals surface area contributed by atoms with Crippen LogP contribution in [0.15, 0.2) is 60.7 Å². The molecule has 10 nitrogen and oxygen atoms in total. The lowest BCUT2D eigenvalue weighted by molar-refractivity contribution is -0.142. The highest BCUT2D eigenvalue weighted by Crippen LogP contribution is 2.12. The van der Waals surface area contributed by atoms with Crippen LogP contribution in [0.2, 0.25) is 0 Å². The molecule has 2 unspecified atom stereocenters. The lowest BCUT2D eigenvalue weighted by Gasteiger charge is -2.32. The van der Waals surface area contributed by atoms with E-state index in [0.29, 0.717) is 32.5 Å². The molecule has 1 saturated heterocycles. The molecule has 4 N–H and O–H groups in total. The summed E-state index contributed by atoms with van der Waals surface area (Å²) in [4.78, 5) is 54.3. The smallest absolute Gasteiger partial charge is 0.326 e. The molecule has 1 aliphatic heterocycles. The second kappa shape index (κ2) is 17.4. The monoisotopic (exact) mass is 594 g/mol. The summed E-state index contributed by atoms with van der Waals surface area (Å²) in [5.41, 5.74) is 1.80. The van der Waals surface area contributed by atoms with E-state index in [1.807, 2.05) is 69.3 Å². The topological polar surface area (TPSA) is 137 Å². The molecule has 3 rings (SSSR count). The van der Waals surface area contributed by atoms with Gasteiger partial charge in [0.05, 0.1) is 13.2 Å². The Hall–Kier alpha value is -3.76. The third kappa shape index (κ3) is 11.8. The lowest BCUT2D eigenvalue weighted by atomic mass is 10.00. The molecule has 43 heavy (non-hydrogen) atoms. The summed E-state index contributed by atoms with van der Waals surface area (Å²) < 4.78 is 5.41. The highest BCUT2D eigenvalue weighted by atomic mass is 16.5. The van der Waals surface area contributed by atoms with Gasteiger partial charge in [-0.15, -0.1) is 0 Å². The standard InChI is InChI=1S/C33H46N4O6/c1-23(2)20-28(32(40)36-29(33(41)42)22-26-12-8-5-9-13-26)35-31(39)27(15-14-25-10-6-4-7-11-25)34-30(38)21-24(3)37-16-18-43-19-17-37/h4-13,23-24,27-29H,14-22H2,1-3H3,(H,34,38)(H,35,39)(H,36,40)(H,41,42)/t24?,27-,28?,29-/m0/s1. The molecule has 4 atom stereocenters. The van der Waals surface area contributed by atoms with E-state index >= 15 is 0 Å². The SMILES string of the molecule is CC(C)CC(NC(=O)[C@H](CCc1ccccc1)NC(=O)CC(C)N1CCOCC1)C(=O)N[C@@H](Cc1ccccc1)C(=O)O. The third-order valence-corrected chi connectivity index (χ3v) is 7.60. The molecule has 0 aromatic heterocycles. The molecule has 0 saturated carbocycles. The minimum atomic E-state index is -1.16. The van der Waals surface area contributed by atoms with Gasteiger partial charge >= 0.3 is 5.97 Å². The molecule has 1 fully saturated rings. The van der Waals surface area contributed by atoms with Crippen molar-refractivity contribution in [1.82, 2.24) is 20.9 Å². The Morgan fingerprint density at radius 1 is 0.791 bits per heavy atom. The van der Waals surface area contributed by atoms with E-state index in [4.69, 9.17) is 4.74 Å². The van der Waals surface area contributed by atoms with Crippen molar-refractivity contribution in [3.05, 3.63) is 71.8 Å². The molecule has 0 spiro atoms. The zero-order valence-electron chi connectivity index (χ0n) is 25.5. The number of carboxylic acids is 1. The van der Waals surface area contributed by atoms with E-state index in [9.17, 15) is 24.3 Å². The Kier molecular flexibility index (Phi) is 13.6. The highest BCUT2D eigenvalue weighted by molar-refractivity contribution is 5.93. The summed E-state index contributed by atoms with van der Waals surface area (Å²) in [6.07, 6.45) is 1.54. The minimum absolute atomic E-state index is 0.0150. The van der Waals surface area contributed by atoms with Crippen LogP contribution >= 0.6 is 0 Å². The number of nitrogens with zero attached hydrogens (tertiary/aromatic N) is 1. The fraction of sp³-hybridized carbons (Fsp3) is 0.515. The van der Waals surface area contributed by atoms with Crippen molar-refractivity contribution in [2.24, 2.45) is 5.92 Å². The van der Waals surface area contributed by atoms with Gasteiger partial charge in [0.15, 0.2) is 0 Å². The number of aryl methyl sites for hydroxylation is 1. The first-order valence-corrected chi connectivity index (χ1v) is 15.1. The van der Waals surface area contributed by atoms with Gasteiger partial charge in [-0.25, -0.2) is 4.79 Å². The van der Waals surface area contributed by atoms with Gasteiger partial charge in [0, 0.05) is 32.0 Å². The molecule has 0 radical (unpaired) electrons. The summed E-state index contributed by atoms with van der Waals surface area (Å²) >= 11 is 0. The maximum Gasteiger partial charge on any atom is 0.326 e. The number of hydrogen-bond donors (Lipinski definition) is 4. The van der Waals surface area contributed by atoms with Crippen LogP contribution in [-0.2, 0) is 36.8 Å². The second-order valence-electron chi connectivity index (χ2n) is 11.6. The summed E-state index contributed by atoms with van der Waals surface area (Å²) in [6.45, 7) is 8.59. The van der Waals surface area contributed by atoms with E-state index in [1.165, 1.54) is 0 Å². The Morgan fingerprint density at radius 2 is 1.35 bits per heavy atom. The Bertz CT molecular complexity index is 1170. The average Bonchev–Trinajstić information content (AvgIpc) is 2.99. The molecule has 0 bridgehead atoms. The number of carboxylic acid groups (broad SMARTS) is 1. The summed E-state index contributed by atoms with van der Waals surface area (Å²) in [6, 6.07) is 15.7. The van der Waals surface area contributed by atoms with Gasteiger partial charge in [-0.1, -0.05) is 74.5 Å². The van der Waals surface area contributed by atoms with Gasteiger partial charge in [-0.2, -0.15) is 0 Å². The van der Waals surface area contributed by atoms with E-state index in [-0.39, 0.29) is 30.7 Å². The van der Waals surface area contributed by atoms with Crippen LogP contribution in [0.3, 0.4) is 0 Å². The number of morpholine rings is 1. The van der Waals surface area contributed by atoms with E-state index in [1.54, 1.807) is 12.1 Å². The quantitative estimate of drug-likeness (QED) is 0.235. The van der Waals surface area contributed by atoms with Crippen LogP contribution in [0.25, 0.3) is 0 Å². The zero-order valence-corrected chi connectivity index (χ0v) is 25.5. The molecular formula is C33H46N4O6. The summed E-state index contributed by atoms with van der Waals surface area (Å²) in [5.74, 6) is -2.40. The van der Waals surface area contributed by atoms with Crippen LogP contribution in [0.1, 0.15) is 51.2 Å². The first-order chi connectivity index (χ1) is 20.6. The van der Waals surface area contributed by atoms with Gasteiger partial charge in [-0.3, -0.25) is 19.3 Å². The first kappa shape index (κ1) is 33.7. The number of ether oxygens (including phenoxy) is 1. The van der Waals surface area contributed by atoms with Crippen LogP contribution < -0.4 is 16.0 Å². The minimum Gasteiger partial charge on any atom is -0.480 e. The van der Waals surface area contributed by atoms with Crippen LogP contribution in [0.5, 0.6) is 0 Å². The number of aliphatic carboxylic acids is 1. The van der Waals surface area contributed by atoms with Crippen molar-refractivity contribution in [3.8, 4) is 0 Å². The molecule has 0 aliphatic carbocycles. The maximum absolute atomic E-state index is 13.6. The largest absolute Gasteiger partial charge is 0.480 e. The predicted molar refractivity (Wildman–Crippen MR) is 164 cm³/mol. The average molecular weight is 595 g/mol. The van der Waals surface area contributed by atoms with Crippen molar-refractivity contribution in [2.75, 3.05) is 26.3 Å². The maximum atomic E-state index is 13.6. The van der Waals surface area contributed by atoms with Crippen molar-refractivity contribution in [3.63, 3.8) is 0 Å². The highest BCUT2D eigenvalue weighted by Gasteiger charge is 2.31. The number of hydrogen-bond acceptors (Lipinski definition) is 6. The zero-order chi connectivity index (χ0) is 31.2. The van der Waals surface area contributed by atoms with Crippen LogP contribution in [0.4, 0.5) is 0 Å². The van der Waals surface area contributed by atoms with Crippen molar-refractivity contribution >= 4 is 23.7 Å². The molecular weight excluding hydrogens is 548 g/mol. The molecule has 2 aromatic carbocycles. The normalized spacial score (nSPS) is 16.5. The van der Waals surface area contributed by atoms with Gasteiger partial charge in [0.1, 0.15) is 18.1 Å². The molecule has 3 amide bonds. The number of rotatable bonds is 16. The molecule has 234 valence electrons. The lowest BCUT2D eigenvalue weighted by Crippen LogP contribution is -2.56. The number of carbonyl (C=O) groups excluding carboxylic acids is 3. The molecule has 1 aliphatic rings. The van der Waals surface area contributed by atoms with E-state index in [2.05, 4.69) is 20.9 Å². The van der Waals surface area contributed by atoms with Gasteiger partial charge in [0.2, 0.25) is 17.7 Å². The van der Waals surface area contributed by atoms with Crippen molar-refractivity contribution in [1.29, 1.82) is 0 Å². The fourth-order valence-electron chi connectivity index (χ4n) is 5.19. The van der Waals surface area contributed by atoms with Crippen LogP contribution in [0, 0.1) is 5.92 Å². The van der Waals surface area contributed by atoms with E-state index in [0.717, 1.165) is 24.2 Å². The molecule has 1 heterocycles. The fourth-order valence-corrected chi connectivity index (χ4v) is 5.19. The molecule has 2 aromatic rings. The number of benzene rings is 2. The van der Waals surface area contributed by atoms with Crippen LogP contribution in [-0.4, -0.2) is 84.2 Å². The first-order valence-electron chi connectivity index (χ1n) is 15.1. The van der Waals surface area contributed by atoms with Gasteiger partial charge in [0.25, 0.3) is 0 Å². The second-order valence-corrected chi connectivity index (χ2v) is 11.6. The van der Waals surface area contributed by atoms with Gasteiger partial charge < -0.3 is 25.8 Å². The number of carbonyl (C=O) groups is 4. The Labute approximate surface area is 254 Å². The Morgan fingerprint density at radius 3 is 1.93 bits per heavy atom. The number of nitrogens with one attached hydrogen (secondary N) is 3. The summed E-state index contributed by atoms with van der Waals surface area (Å²) in [7, 11) is 0. The molecule has 10 heteroatoms. The van der Waals surface area contributed by atoms with E-state index < -0.39 is 35.9 Å². The van der Waals surface area contributed by atoms with Gasteiger partial charge in [-0.05, 0) is 43.2 Å². The number of amides is 3. The Balaban J connectivity index is 1.70. The predicted octanol–water partition coefficient (Wildman–Crippen LogP) is 2.56. The van der Waals surface area contributed by atoms with Crippen molar-refractivity contribution in [2.45, 2.75) is 77.0 Å². The third-order valence-electron chi connectivity index (χ3n) is 7.60. The van der Waals surface area contributed by atoms with Crippen molar-refractivity contribution < 1.29 is 29.0 Å². The summed E-state index contributed by atoms with van der Waals surface area (Å²) in [5, 5.41) is 18.2.